The number of fused-ring (bicyclic) bond motifs is 1. The molecule has 0 saturated carbocycles. The van der Waals surface area contributed by atoms with Crippen LogP contribution in [0.3, 0.4) is 0 Å². The van der Waals surface area contributed by atoms with Crippen LogP contribution >= 0.6 is 0 Å². The summed E-state index contributed by atoms with van der Waals surface area (Å²) in [7, 11) is 0. The molecule has 5 rings (SSSR count). The molecule has 1 aliphatic heterocycles. The van der Waals surface area contributed by atoms with Crippen LogP contribution in [0.1, 0.15) is 22.3 Å². The molecule has 0 aliphatic carbocycles. The van der Waals surface area contributed by atoms with E-state index in [1.807, 2.05) is 84.9 Å². The summed E-state index contributed by atoms with van der Waals surface area (Å²) in [5.41, 5.74) is 6.05. The molecule has 1 N–H and O–H groups in total. The molecule has 1 aromatic heterocycles. The second-order valence-electron chi connectivity index (χ2n) is 8.49. The van der Waals surface area contributed by atoms with Crippen LogP contribution in [0.15, 0.2) is 91.0 Å². The normalized spacial score (nSPS) is 12.6. The minimum absolute atomic E-state index is 0.376. The molecular formula is C29H26N2O4. The number of hydrogen-bond acceptors (Lipinski definition) is 4. The minimum Gasteiger partial charge on any atom is -0.473 e. The number of ether oxygens (including phenoxy) is 2. The first-order valence-electron chi connectivity index (χ1n) is 11.6. The highest BCUT2D eigenvalue weighted by Crippen LogP contribution is 2.34. The molecule has 4 aromatic rings. The fourth-order valence-electron chi connectivity index (χ4n) is 4.18. The van der Waals surface area contributed by atoms with Gasteiger partial charge in [-0.15, -0.1) is 0 Å². The molecular weight excluding hydrogens is 440 g/mol. The van der Waals surface area contributed by atoms with Gasteiger partial charge in [-0.2, -0.15) is 4.98 Å². The molecule has 0 unspecified atom stereocenters. The van der Waals surface area contributed by atoms with Crippen molar-refractivity contribution in [2.75, 3.05) is 6.54 Å². The quantitative estimate of drug-likeness (QED) is 0.365. The fraction of sp³-hybridized carbons (Fsp3) is 0.172. The monoisotopic (exact) mass is 466 g/mol. The van der Waals surface area contributed by atoms with Gasteiger partial charge in [0.1, 0.15) is 13.2 Å². The van der Waals surface area contributed by atoms with Crippen molar-refractivity contribution in [1.82, 2.24) is 9.88 Å². The second kappa shape index (κ2) is 10.3. The summed E-state index contributed by atoms with van der Waals surface area (Å²) < 4.78 is 12.1. The number of carboxylic acid groups (broad SMARTS) is 1. The third-order valence-electron chi connectivity index (χ3n) is 6.08. The predicted molar refractivity (Wildman–Crippen MR) is 133 cm³/mol. The lowest BCUT2D eigenvalue weighted by atomic mass is 9.95. The summed E-state index contributed by atoms with van der Waals surface area (Å²) in [4.78, 5) is 17.6. The van der Waals surface area contributed by atoms with Crippen molar-refractivity contribution in [3.8, 4) is 22.9 Å². The van der Waals surface area contributed by atoms with Crippen molar-refractivity contribution in [3.63, 3.8) is 0 Å². The van der Waals surface area contributed by atoms with E-state index in [0.717, 1.165) is 27.8 Å². The predicted octanol–water partition coefficient (Wildman–Crippen LogP) is 5.94. The largest absolute Gasteiger partial charge is 0.473 e. The number of aromatic nitrogens is 1. The third kappa shape index (κ3) is 5.44. The number of rotatable bonds is 7. The maximum absolute atomic E-state index is 11.5. The van der Waals surface area contributed by atoms with Gasteiger partial charge in [0, 0.05) is 24.7 Å². The molecule has 0 bridgehead atoms. The van der Waals surface area contributed by atoms with Crippen molar-refractivity contribution in [2.45, 2.75) is 26.2 Å². The number of carbonyl (C=O) groups is 1. The standard InChI is InChI=1S/C29H26N2O4/c32-29(33)31-16-15-23-11-12-24(17-25(23)18-31)26-13-14-27(34-19-21-7-3-1-4-8-21)30-28(26)35-20-22-9-5-2-6-10-22/h1-14,17H,15-16,18-20H2,(H,32,33). The summed E-state index contributed by atoms with van der Waals surface area (Å²) in [6, 6.07) is 29.8. The third-order valence-corrected chi connectivity index (χ3v) is 6.08. The Balaban J connectivity index is 1.43. The van der Waals surface area contributed by atoms with Gasteiger partial charge in [0.05, 0.1) is 0 Å². The lowest BCUT2D eigenvalue weighted by molar-refractivity contribution is 0.140. The van der Waals surface area contributed by atoms with Gasteiger partial charge in [-0.05, 0) is 46.4 Å². The van der Waals surface area contributed by atoms with Crippen LogP contribution in [0.4, 0.5) is 4.79 Å². The van der Waals surface area contributed by atoms with E-state index in [-0.39, 0.29) is 0 Å². The number of amides is 1. The van der Waals surface area contributed by atoms with Gasteiger partial charge in [-0.3, -0.25) is 0 Å². The van der Waals surface area contributed by atoms with E-state index in [0.29, 0.717) is 44.5 Å². The summed E-state index contributed by atoms with van der Waals surface area (Å²) in [6.45, 7) is 1.68. The van der Waals surface area contributed by atoms with Crippen LogP contribution in [0, 0.1) is 0 Å². The molecule has 0 fully saturated rings. The Labute approximate surface area is 204 Å². The molecule has 35 heavy (non-hydrogen) atoms. The first-order valence-corrected chi connectivity index (χ1v) is 11.6. The Hall–Kier alpha value is -4.32. The van der Waals surface area contributed by atoms with Crippen molar-refractivity contribution in [1.29, 1.82) is 0 Å². The smallest absolute Gasteiger partial charge is 0.407 e. The highest BCUT2D eigenvalue weighted by Gasteiger charge is 2.21. The maximum Gasteiger partial charge on any atom is 0.407 e. The van der Waals surface area contributed by atoms with Gasteiger partial charge in [0.2, 0.25) is 11.8 Å². The fourth-order valence-corrected chi connectivity index (χ4v) is 4.18. The molecule has 3 aromatic carbocycles. The van der Waals surface area contributed by atoms with Crippen LogP contribution in [-0.2, 0) is 26.2 Å². The second-order valence-corrected chi connectivity index (χ2v) is 8.49. The van der Waals surface area contributed by atoms with Gasteiger partial charge < -0.3 is 19.5 Å². The van der Waals surface area contributed by atoms with Gasteiger partial charge in [0.15, 0.2) is 0 Å². The summed E-state index contributed by atoms with van der Waals surface area (Å²) in [5.74, 6) is 0.959. The molecule has 0 atom stereocenters. The molecule has 6 heteroatoms. The maximum atomic E-state index is 11.5. The number of nitrogens with zero attached hydrogens (tertiary/aromatic N) is 2. The Bertz CT molecular complexity index is 1310. The van der Waals surface area contributed by atoms with Gasteiger partial charge in [-0.25, -0.2) is 4.79 Å². The number of benzene rings is 3. The van der Waals surface area contributed by atoms with Gasteiger partial charge in [0.25, 0.3) is 0 Å². The minimum atomic E-state index is -0.894. The Morgan fingerprint density at radius 2 is 1.51 bits per heavy atom. The number of pyridine rings is 1. The number of hydrogen-bond donors (Lipinski definition) is 1. The van der Waals surface area contributed by atoms with Crippen LogP contribution < -0.4 is 9.47 Å². The highest BCUT2D eigenvalue weighted by atomic mass is 16.5. The molecule has 1 aliphatic rings. The highest BCUT2D eigenvalue weighted by molar-refractivity contribution is 5.71. The molecule has 2 heterocycles. The summed E-state index contributed by atoms with van der Waals surface area (Å²) >= 11 is 0. The molecule has 176 valence electrons. The summed E-state index contributed by atoms with van der Waals surface area (Å²) in [5, 5.41) is 9.42. The molecule has 1 amide bonds. The first-order chi connectivity index (χ1) is 17.2. The van der Waals surface area contributed by atoms with E-state index in [9.17, 15) is 9.90 Å². The van der Waals surface area contributed by atoms with E-state index in [4.69, 9.17) is 9.47 Å². The first kappa shape index (κ1) is 22.5. The molecule has 0 saturated heterocycles. The van der Waals surface area contributed by atoms with Crippen molar-refractivity contribution < 1.29 is 19.4 Å². The van der Waals surface area contributed by atoms with Gasteiger partial charge >= 0.3 is 6.09 Å². The lowest BCUT2D eigenvalue weighted by Crippen LogP contribution is -2.34. The Morgan fingerprint density at radius 1 is 0.829 bits per heavy atom. The SMILES string of the molecule is O=C(O)N1CCc2ccc(-c3ccc(OCc4ccccc4)nc3OCc3ccccc3)cc2C1. The van der Waals surface area contributed by atoms with E-state index in [1.165, 1.54) is 10.5 Å². The van der Waals surface area contributed by atoms with E-state index >= 15 is 0 Å². The Morgan fingerprint density at radius 3 is 2.20 bits per heavy atom. The molecule has 0 spiro atoms. The topological polar surface area (TPSA) is 71.9 Å². The lowest BCUT2D eigenvalue weighted by Gasteiger charge is -2.27. The average molecular weight is 467 g/mol. The van der Waals surface area contributed by atoms with Crippen LogP contribution in [-0.4, -0.2) is 27.6 Å². The average Bonchev–Trinajstić information content (AvgIpc) is 2.91. The van der Waals surface area contributed by atoms with Crippen LogP contribution in [0.25, 0.3) is 11.1 Å². The summed E-state index contributed by atoms with van der Waals surface area (Å²) in [6.07, 6.45) is -0.182. The van der Waals surface area contributed by atoms with E-state index in [1.54, 1.807) is 0 Å². The van der Waals surface area contributed by atoms with Crippen molar-refractivity contribution in [3.05, 3.63) is 113 Å². The zero-order valence-electron chi connectivity index (χ0n) is 19.3. The molecule has 6 nitrogen and oxygen atoms in total. The van der Waals surface area contributed by atoms with Crippen molar-refractivity contribution in [2.24, 2.45) is 0 Å². The zero-order valence-corrected chi connectivity index (χ0v) is 19.3. The Kier molecular flexibility index (Phi) is 6.61. The zero-order chi connectivity index (χ0) is 24.0. The van der Waals surface area contributed by atoms with Crippen LogP contribution in [0.5, 0.6) is 11.8 Å². The van der Waals surface area contributed by atoms with E-state index < -0.39 is 6.09 Å². The van der Waals surface area contributed by atoms with Crippen molar-refractivity contribution >= 4 is 6.09 Å². The van der Waals surface area contributed by atoms with E-state index in [2.05, 4.69) is 11.1 Å². The van der Waals surface area contributed by atoms with Crippen LogP contribution in [0.2, 0.25) is 0 Å². The van der Waals surface area contributed by atoms with Gasteiger partial charge in [-0.1, -0.05) is 72.8 Å². The molecule has 0 radical (unpaired) electrons.